The molecule has 7 rings (SSSR count). The summed E-state index contributed by atoms with van der Waals surface area (Å²) < 4.78 is 58.4. The molecule has 6 fully saturated rings. The number of alkyl halides is 3. The molecule has 12 nitrogen and oxygen atoms in total. The zero-order valence-electron chi connectivity index (χ0n) is 35.5. The standard InChI is InChI=1S/C19H27FN2O2.2C12H18FNO3/c1-19(2,3)24-18(23)22-14-9-10-16(22)17(20)15(11-14)21-12-13-7-5-4-6-8-13;2*1-12(2,3)17-11(16)14-7-4-5-8(14)10(13)9(15)6-7/h4-8,14-17,21H,9-12H2,1-3H3;2*7-8,10H,4-6H2,1-3H3/t14-,15+,16+,17+;7-,8+,10+;7-,8+,10-/m100/s1. The van der Waals surface area contributed by atoms with Gasteiger partial charge in [-0.1, -0.05) is 30.3 Å². The third-order valence-electron chi connectivity index (χ3n) is 11.3. The van der Waals surface area contributed by atoms with Gasteiger partial charge in [-0.15, -0.1) is 0 Å². The van der Waals surface area contributed by atoms with Crippen LogP contribution in [0.1, 0.15) is 126 Å². The van der Waals surface area contributed by atoms with Gasteiger partial charge in [0.15, 0.2) is 23.9 Å². The van der Waals surface area contributed by atoms with Crippen LogP contribution in [0, 0.1) is 0 Å². The molecule has 6 saturated heterocycles. The van der Waals surface area contributed by atoms with Crippen LogP contribution in [-0.4, -0.2) is 122 Å². The topological polar surface area (TPSA) is 135 Å². The Morgan fingerprint density at radius 3 is 1.40 bits per heavy atom. The van der Waals surface area contributed by atoms with Crippen LogP contribution in [0.25, 0.3) is 0 Å². The highest BCUT2D eigenvalue weighted by Crippen LogP contribution is 2.40. The van der Waals surface area contributed by atoms with E-state index in [9.17, 15) is 37.1 Å². The molecule has 6 aliphatic rings. The number of fused-ring (bicyclic) bond motifs is 6. The number of carbonyl (C=O) groups excluding carboxylic acids is 5. The average Bonchev–Trinajstić information content (AvgIpc) is 3.77. The molecule has 0 spiro atoms. The van der Waals surface area contributed by atoms with Gasteiger partial charge >= 0.3 is 18.3 Å². The summed E-state index contributed by atoms with van der Waals surface area (Å²) in [5, 5.41) is 3.34. The van der Waals surface area contributed by atoms with Crippen molar-refractivity contribution < 1.29 is 51.4 Å². The number of benzene rings is 1. The number of Topliss-reactive ketones (excluding diaryl/α,β-unsaturated/α-hetero) is 2. The fourth-order valence-electron chi connectivity index (χ4n) is 8.90. The van der Waals surface area contributed by atoms with Crippen LogP contribution >= 0.6 is 0 Å². The normalized spacial score (nSPS) is 31.5. The van der Waals surface area contributed by atoms with Gasteiger partial charge in [0.25, 0.3) is 0 Å². The first-order valence-corrected chi connectivity index (χ1v) is 20.7. The minimum Gasteiger partial charge on any atom is -0.444 e. The van der Waals surface area contributed by atoms with E-state index < -0.39 is 59.6 Å². The summed E-state index contributed by atoms with van der Waals surface area (Å²) in [5.74, 6) is -0.755. The maximum absolute atomic E-state index is 15.0. The number of carbonyl (C=O) groups is 5. The quantitative estimate of drug-likeness (QED) is 0.304. The minimum atomic E-state index is -1.54. The van der Waals surface area contributed by atoms with Gasteiger partial charge in [0.05, 0.1) is 18.1 Å². The molecule has 3 amide bonds. The van der Waals surface area contributed by atoms with Crippen molar-refractivity contribution in [3.63, 3.8) is 0 Å². The van der Waals surface area contributed by atoms with Crippen LogP contribution in [0.3, 0.4) is 0 Å². The van der Waals surface area contributed by atoms with Gasteiger partial charge in [-0.2, -0.15) is 0 Å². The van der Waals surface area contributed by atoms with Crippen LogP contribution < -0.4 is 5.32 Å². The lowest BCUT2D eigenvalue weighted by molar-refractivity contribution is -0.131. The average molecular weight is 821 g/mol. The van der Waals surface area contributed by atoms with E-state index >= 15 is 0 Å². The highest BCUT2D eigenvalue weighted by molar-refractivity contribution is 5.88. The Kier molecular flexibility index (Phi) is 13.8. The molecule has 1 N–H and O–H groups in total. The lowest BCUT2D eigenvalue weighted by Crippen LogP contribution is -2.59. The maximum Gasteiger partial charge on any atom is 0.410 e. The van der Waals surface area contributed by atoms with Crippen molar-refractivity contribution in [3.8, 4) is 0 Å². The van der Waals surface area contributed by atoms with Crippen LogP contribution in [-0.2, 0) is 30.3 Å². The van der Waals surface area contributed by atoms with Crippen LogP contribution in [0.15, 0.2) is 30.3 Å². The fourth-order valence-corrected chi connectivity index (χ4v) is 8.90. The molecule has 15 heteroatoms. The van der Waals surface area contributed by atoms with Crippen LogP contribution in [0.5, 0.6) is 0 Å². The molecule has 0 aliphatic carbocycles. The highest BCUT2D eigenvalue weighted by Gasteiger charge is 2.53. The van der Waals surface area contributed by atoms with E-state index in [4.69, 9.17) is 14.2 Å². The molecular weight excluding hydrogens is 757 g/mol. The first-order valence-electron chi connectivity index (χ1n) is 20.7. The van der Waals surface area contributed by atoms with Gasteiger partial charge in [0.2, 0.25) is 0 Å². The second kappa shape index (κ2) is 17.8. The van der Waals surface area contributed by atoms with Gasteiger partial charge < -0.3 is 19.5 Å². The van der Waals surface area contributed by atoms with Gasteiger partial charge in [0, 0.05) is 43.6 Å². The summed E-state index contributed by atoms with van der Waals surface area (Å²) in [6.45, 7) is 16.8. The van der Waals surface area contributed by atoms with E-state index in [-0.39, 0.29) is 60.7 Å². The SMILES string of the molecule is CC(C)(C)OC(=O)N1[C@@H]2CC[C@H]1[C@@H](F)[C@@H](NCc1ccccc1)C2.CC(C)(C)OC(=O)N1[C@H]2CC[C@@H]1[C@@H](F)C(=O)C2.CC(C)(C)OC(=O)N1[C@H]2CC[C@@H]1[C@H](F)C(=O)C2. The van der Waals surface area contributed by atoms with Gasteiger partial charge in [-0.25, -0.2) is 27.6 Å². The molecule has 1 aromatic carbocycles. The molecule has 324 valence electrons. The smallest absolute Gasteiger partial charge is 0.410 e. The van der Waals surface area contributed by atoms with E-state index in [1.807, 2.05) is 51.1 Å². The number of amides is 3. The van der Waals surface area contributed by atoms with E-state index in [2.05, 4.69) is 5.32 Å². The van der Waals surface area contributed by atoms with E-state index in [0.717, 1.165) is 12.0 Å². The summed E-state index contributed by atoms with van der Waals surface area (Å²) >= 11 is 0. The summed E-state index contributed by atoms with van der Waals surface area (Å²) in [4.78, 5) is 63.5. The molecule has 6 heterocycles. The Morgan fingerprint density at radius 2 is 0.983 bits per heavy atom. The first kappa shape index (κ1) is 45.2. The molecule has 0 saturated carbocycles. The van der Waals surface area contributed by atoms with Crippen molar-refractivity contribution >= 4 is 29.8 Å². The molecule has 0 aromatic heterocycles. The number of ether oxygens (including phenoxy) is 3. The molecule has 1 aromatic rings. The van der Waals surface area contributed by atoms with Crippen molar-refractivity contribution in [3.05, 3.63) is 35.9 Å². The predicted octanol–water partition coefficient (Wildman–Crippen LogP) is 7.79. The number of nitrogens with zero attached hydrogens (tertiary/aromatic N) is 3. The summed E-state index contributed by atoms with van der Waals surface area (Å²) in [7, 11) is 0. The fraction of sp³-hybridized carbons (Fsp3) is 0.744. The van der Waals surface area contributed by atoms with Gasteiger partial charge in [-0.3, -0.25) is 24.3 Å². The van der Waals surface area contributed by atoms with Crippen LogP contribution in [0.4, 0.5) is 27.6 Å². The third kappa shape index (κ3) is 11.0. The second-order valence-electron chi connectivity index (χ2n) is 19.4. The van der Waals surface area contributed by atoms with Crippen molar-refractivity contribution in [1.29, 1.82) is 0 Å². The molecule has 6 bridgehead atoms. The van der Waals surface area contributed by atoms with E-state index in [1.54, 1.807) is 46.4 Å². The first-order chi connectivity index (χ1) is 26.9. The molecular formula is C43H63F3N4O8. The van der Waals surface area contributed by atoms with Crippen molar-refractivity contribution in [1.82, 2.24) is 20.0 Å². The lowest BCUT2D eigenvalue weighted by atomic mass is 9.95. The minimum absolute atomic E-state index is 0.0742. The van der Waals surface area contributed by atoms with Crippen molar-refractivity contribution in [2.75, 3.05) is 0 Å². The summed E-state index contributed by atoms with van der Waals surface area (Å²) in [6, 6.07) is 7.93. The molecule has 10 atom stereocenters. The Labute approximate surface area is 340 Å². The van der Waals surface area contributed by atoms with Crippen molar-refractivity contribution in [2.24, 2.45) is 0 Å². The van der Waals surface area contributed by atoms with Gasteiger partial charge in [0.1, 0.15) is 23.0 Å². The Hall–Kier alpha value is -3.88. The Bertz CT molecular complexity index is 1580. The number of hydrogen-bond donors (Lipinski definition) is 1. The monoisotopic (exact) mass is 820 g/mol. The number of rotatable bonds is 3. The van der Waals surface area contributed by atoms with E-state index in [1.165, 1.54) is 9.80 Å². The molecule has 6 aliphatic heterocycles. The number of piperidine rings is 3. The molecule has 58 heavy (non-hydrogen) atoms. The zero-order valence-corrected chi connectivity index (χ0v) is 35.5. The zero-order chi connectivity index (χ0) is 42.9. The molecule has 0 radical (unpaired) electrons. The highest BCUT2D eigenvalue weighted by atomic mass is 19.1. The Morgan fingerprint density at radius 1 is 0.603 bits per heavy atom. The predicted molar refractivity (Wildman–Crippen MR) is 210 cm³/mol. The van der Waals surface area contributed by atoms with Gasteiger partial charge in [-0.05, 0) is 113 Å². The second-order valence-corrected chi connectivity index (χ2v) is 19.4. The summed E-state index contributed by atoms with van der Waals surface area (Å²) in [5.41, 5.74) is -0.593. The third-order valence-corrected chi connectivity index (χ3v) is 11.3. The number of hydrogen-bond acceptors (Lipinski definition) is 9. The lowest BCUT2D eigenvalue weighted by Gasteiger charge is -2.41. The largest absolute Gasteiger partial charge is 0.444 e. The Balaban J connectivity index is 0.000000170. The maximum atomic E-state index is 15.0. The molecule has 0 unspecified atom stereocenters. The number of nitrogens with one attached hydrogen (secondary N) is 1. The number of ketones is 2. The van der Waals surface area contributed by atoms with Crippen molar-refractivity contribution in [2.45, 2.75) is 204 Å². The van der Waals surface area contributed by atoms with E-state index in [0.29, 0.717) is 45.1 Å². The summed E-state index contributed by atoms with van der Waals surface area (Å²) in [6.07, 6.45) is -0.568. The number of halogens is 3. The van der Waals surface area contributed by atoms with Crippen LogP contribution in [0.2, 0.25) is 0 Å².